The highest BCUT2D eigenvalue weighted by atomic mass is 16.5. The first-order valence-electron chi connectivity index (χ1n) is 8.43. The van der Waals surface area contributed by atoms with Crippen LogP contribution in [0.2, 0.25) is 0 Å². The SMILES string of the molecule is NC(=O)c1ccc(OC(=O)CCN2C(=O)[C@H]3CCCC[C@H]3C2=O)cc1. The molecule has 3 rings (SSSR count). The molecule has 2 fully saturated rings. The van der Waals surface area contributed by atoms with Crippen LogP contribution in [0, 0.1) is 11.8 Å². The maximum absolute atomic E-state index is 12.3. The molecular weight excluding hydrogens is 324 g/mol. The van der Waals surface area contributed by atoms with Crippen LogP contribution in [0.1, 0.15) is 42.5 Å². The van der Waals surface area contributed by atoms with Gasteiger partial charge in [0.15, 0.2) is 0 Å². The molecule has 0 aromatic heterocycles. The van der Waals surface area contributed by atoms with Gasteiger partial charge in [-0.1, -0.05) is 12.8 Å². The number of hydrogen-bond donors (Lipinski definition) is 1. The summed E-state index contributed by atoms with van der Waals surface area (Å²) in [7, 11) is 0. The first-order valence-corrected chi connectivity index (χ1v) is 8.43. The number of hydrogen-bond acceptors (Lipinski definition) is 5. The summed E-state index contributed by atoms with van der Waals surface area (Å²) < 4.78 is 5.16. The monoisotopic (exact) mass is 344 g/mol. The summed E-state index contributed by atoms with van der Waals surface area (Å²) in [6.45, 7) is 0.0445. The number of nitrogens with two attached hydrogens (primary N) is 1. The zero-order chi connectivity index (χ0) is 18.0. The van der Waals surface area contributed by atoms with Gasteiger partial charge in [0.05, 0.1) is 18.3 Å². The molecule has 132 valence electrons. The predicted octanol–water partition coefficient (Wildman–Crippen LogP) is 1.26. The van der Waals surface area contributed by atoms with Crippen LogP contribution >= 0.6 is 0 Å². The number of fused-ring (bicyclic) bond motifs is 1. The van der Waals surface area contributed by atoms with Crippen molar-refractivity contribution in [3.8, 4) is 5.75 Å². The van der Waals surface area contributed by atoms with Crippen LogP contribution in [0.5, 0.6) is 5.75 Å². The van der Waals surface area contributed by atoms with E-state index in [-0.39, 0.29) is 42.4 Å². The van der Waals surface area contributed by atoms with E-state index >= 15 is 0 Å². The summed E-state index contributed by atoms with van der Waals surface area (Å²) in [5.74, 6) is -1.56. The van der Waals surface area contributed by atoms with Crippen LogP contribution in [0.3, 0.4) is 0 Å². The Morgan fingerprint density at radius 3 is 2.12 bits per heavy atom. The second-order valence-electron chi connectivity index (χ2n) is 6.44. The number of imide groups is 1. The summed E-state index contributed by atoms with van der Waals surface area (Å²) in [4.78, 5) is 48.8. The minimum absolute atomic E-state index is 0.0445. The minimum Gasteiger partial charge on any atom is -0.426 e. The third-order valence-corrected chi connectivity index (χ3v) is 4.84. The Balaban J connectivity index is 1.54. The van der Waals surface area contributed by atoms with Gasteiger partial charge in [-0.3, -0.25) is 24.1 Å². The zero-order valence-corrected chi connectivity index (χ0v) is 13.8. The average Bonchev–Trinajstić information content (AvgIpc) is 2.85. The van der Waals surface area contributed by atoms with Crippen molar-refractivity contribution >= 4 is 23.7 Å². The Hall–Kier alpha value is -2.70. The van der Waals surface area contributed by atoms with E-state index in [1.807, 2.05) is 0 Å². The van der Waals surface area contributed by atoms with Crippen LogP contribution in [-0.4, -0.2) is 35.1 Å². The Bertz CT molecular complexity index is 689. The first-order chi connectivity index (χ1) is 12.0. The molecular formula is C18H20N2O5. The second kappa shape index (κ2) is 7.04. The van der Waals surface area contributed by atoms with E-state index in [0.29, 0.717) is 5.56 Å². The van der Waals surface area contributed by atoms with E-state index in [0.717, 1.165) is 25.7 Å². The van der Waals surface area contributed by atoms with Crippen molar-refractivity contribution < 1.29 is 23.9 Å². The molecule has 1 heterocycles. The van der Waals surface area contributed by atoms with Gasteiger partial charge in [0.2, 0.25) is 17.7 Å². The maximum Gasteiger partial charge on any atom is 0.312 e. The van der Waals surface area contributed by atoms with Gasteiger partial charge in [0.1, 0.15) is 5.75 Å². The average molecular weight is 344 g/mol. The van der Waals surface area contributed by atoms with Crippen LogP contribution in [0.15, 0.2) is 24.3 Å². The highest BCUT2D eigenvalue weighted by Gasteiger charge is 2.47. The Kier molecular flexibility index (Phi) is 4.83. The number of benzene rings is 1. The lowest BCUT2D eigenvalue weighted by molar-refractivity contribution is -0.141. The molecule has 1 aliphatic heterocycles. The molecule has 0 radical (unpaired) electrons. The third kappa shape index (κ3) is 3.55. The van der Waals surface area contributed by atoms with Gasteiger partial charge in [-0.25, -0.2) is 0 Å². The van der Waals surface area contributed by atoms with E-state index in [1.165, 1.54) is 29.2 Å². The smallest absolute Gasteiger partial charge is 0.312 e. The molecule has 1 aromatic carbocycles. The molecule has 0 unspecified atom stereocenters. The number of likely N-dealkylation sites (tertiary alicyclic amines) is 1. The first kappa shape index (κ1) is 17.1. The van der Waals surface area contributed by atoms with Crippen molar-refractivity contribution in [3.05, 3.63) is 29.8 Å². The topological polar surface area (TPSA) is 107 Å². The van der Waals surface area contributed by atoms with Crippen molar-refractivity contribution in [1.29, 1.82) is 0 Å². The maximum atomic E-state index is 12.3. The molecule has 2 atom stereocenters. The molecule has 1 saturated heterocycles. The van der Waals surface area contributed by atoms with Crippen molar-refractivity contribution in [2.45, 2.75) is 32.1 Å². The molecule has 7 heteroatoms. The Labute approximate surface area is 145 Å². The van der Waals surface area contributed by atoms with Gasteiger partial charge in [-0.15, -0.1) is 0 Å². The molecule has 3 amide bonds. The summed E-state index contributed by atoms with van der Waals surface area (Å²) >= 11 is 0. The van der Waals surface area contributed by atoms with E-state index in [2.05, 4.69) is 0 Å². The molecule has 7 nitrogen and oxygen atoms in total. The van der Waals surface area contributed by atoms with Gasteiger partial charge in [-0.05, 0) is 37.1 Å². The molecule has 1 aliphatic carbocycles. The van der Waals surface area contributed by atoms with Crippen LogP contribution in [-0.2, 0) is 14.4 Å². The van der Waals surface area contributed by atoms with Crippen molar-refractivity contribution in [3.63, 3.8) is 0 Å². The number of carbonyl (C=O) groups is 4. The number of primary amides is 1. The van der Waals surface area contributed by atoms with Crippen LogP contribution in [0.4, 0.5) is 0 Å². The molecule has 1 saturated carbocycles. The van der Waals surface area contributed by atoms with Gasteiger partial charge in [0.25, 0.3) is 0 Å². The van der Waals surface area contributed by atoms with Crippen LogP contribution in [0.25, 0.3) is 0 Å². The number of rotatable bonds is 5. The van der Waals surface area contributed by atoms with Gasteiger partial charge < -0.3 is 10.5 Å². The molecule has 25 heavy (non-hydrogen) atoms. The van der Waals surface area contributed by atoms with Crippen LogP contribution < -0.4 is 10.5 Å². The van der Waals surface area contributed by atoms with E-state index in [9.17, 15) is 19.2 Å². The minimum atomic E-state index is -0.564. The second-order valence-corrected chi connectivity index (χ2v) is 6.44. The fraction of sp³-hybridized carbons (Fsp3) is 0.444. The van der Waals surface area contributed by atoms with Crippen molar-refractivity contribution in [1.82, 2.24) is 4.90 Å². The molecule has 0 spiro atoms. The fourth-order valence-corrected chi connectivity index (χ4v) is 3.52. The zero-order valence-electron chi connectivity index (χ0n) is 13.8. The van der Waals surface area contributed by atoms with Crippen molar-refractivity contribution in [2.75, 3.05) is 6.54 Å². The number of nitrogens with zero attached hydrogens (tertiary/aromatic N) is 1. The van der Waals surface area contributed by atoms with Gasteiger partial charge in [0, 0.05) is 12.1 Å². The van der Waals surface area contributed by atoms with E-state index in [4.69, 9.17) is 10.5 Å². The summed E-state index contributed by atoms with van der Waals surface area (Å²) in [6, 6.07) is 5.86. The lowest BCUT2D eigenvalue weighted by atomic mass is 9.81. The Morgan fingerprint density at radius 1 is 1.04 bits per heavy atom. The number of esters is 1. The van der Waals surface area contributed by atoms with E-state index in [1.54, 1.807) is 0 Å². The molecule has 1 aromatic rings. The summed E-state index contributed by atoms with van der Waals surface area (Å²) in [6.07, 6.45) is 3.38. The number of amides is 3. The summed E-state index contributed by atoms with van der Waals surface area (Å²) in [5, 5.41) is 0. The fourth-order valence-electron chi connectivity index (χ4n) is 3.52. The van der Waals surface area contributed by atoms with Gasteiger partial charge >= 0.3 is 5.97 Å². The highest BCUT2D eigenvalue weighted by Crippen LogP contribution is 2.37. The normalized spacial score (nSPS) is 22.6. The lowest BCUT2D eigenvalue weighted by Crippen LogP contribution is -2.33. The standard InChI is InChI=1S/C18H20N2O5/c19-16(22)11-5-7-12(8-6-11)25-15(21)9-10-20-17(23)13-3-1-2-4-14(13)18(20)24/h5-8,13-14H,1-4,9-10H2,(H2,19,22)/t13-,14+. The highest BCUT2D eigenvalue weighted by molar-refractivity contribution is 6.05. The Morgan fingerprint density at radius 2 is 1.60 bits per heavy atom. The molecule has 0 bridgehead atoms. The number of carbonyl (C=O) groups excluding carboxylic acids is 4. The quantitative estimate of drug-likeness (QED) is 0.491. The number of ether oxygens (including phenoxy) is 1. The predicted molar refractivity (Wildman–Crippen MR) is 87.4 cm³/mol. The van der Waals surface area contributed by atoms with Gasteiger partial charge in [-0.2, -0.15) is 0 Å². The third-order valence-electron chi connectivity index (χ3n) is 4.84. The summed E-state index contributed by atoms with van der Waals surface area (Å²) in [5.41, 5.74) is 5.46. The molecule has 2 aliphatic rings. The van der Waals surface area contributed by atoms with E-state index < -0.39 is 11.9 Å². The lowest BCUT2D eigenvalue weighted by Gasteiger charge is -2.19. The van der Waals surface area contributed by atoms with Crippen molar-refractivity contribution in [2.24, 2.45) is 17.6 Å². The largest absolute Gasteiger partial charge is 0.426 e. The molecule has 2 N–H and O–H groups in total.